The van der Waals surface area contributed by atoms with E-state index in [4.69, 9.17) is 5.11 Å². The van der Waals surface area contributed by atoms with Gasteiger partial charge in [0.1, 0.15) is 0 Å². The van der Waals surface area contributed by atoms with E-state index in [1.807, 2.05) is 12.1 Å². The van der Waals surface area contributed by atoms with Gasteiger partial charge in [0.2, 0.25) is 10.0 Å². The fourth-order valence-electron chi connectivity index (χ4n) is 1.15. The van der Waals surface area contributed by atoms with E-state index in [0.29, 0.717) is 18.5 Å². The van der Waals surface area contributed by atoms with Gasteiger partial charge >= 0.3 is 0 Å². The van der Waals surface area contributed by atoms with Gasteiger partial charge in [-0.2, -0.15) is 0 Å². The Hall–Kier alpha value is -0.340. The molecule has 1 aromatic rings. The Bertz CT molecular complexity index is 416. The molecule has 0 saturated heterocycles. The molecule has 0 amide bonds. The predicted octanol–water partition coefficient (Wildman–Crippen LogP) is 1.81. The second kappa shape index (κ2) is 6.41. The lowest BCUT2D eigenvalue weighted by atomic mass is 10.3. The second-order valence-corrected chi connectivity index (χ2v) is 6.45. The van der Waals surface area contributed by atoms with E-state index >= 15 is 0 Å². The van der Waals surface area contributed by atoms with Crippen molar-refractivity contribution in [3.8, 4) is 0 Å². The van der Waals surface area contributed by atoms with Crippen LogP contribution in [0, 0.1) is 3.57 Å². The van der Waals surface area contributed by atoms with Gasteiger partial charge in [-0.25, -0.2) is 8.42 Å². The third-order valence-corrected chi connectivity index (χ3v) is 4.03. The predicted molar refractivity (Wildman–Crippen MR) is 72.9 cm³/mol. The summed E-state index contributed by atoms with van der Waals surface area (Å²) in [4.78, 5) is 0. The molecule has 90 valence electrons. The molecule has 0 aliphatic carbocycles. The number of aliphatic hydroxyl groups excluding tert-OH is 1. The smallest absolute Gasteiger partial charge is 0.232 e. The summed E-state index contributed by atoms with van der Waals surface area (Å²) in [7, 11) is -3.28. The van der Waals surface area contributed by atoms with Crippen LogP contribution in [0.15, 0.2) is 24.3 Å². The summed E-state index contributed by atoms with van der Waals surface area (Å²) in [5, 5.41) is 8.57. The average Bonchev–Trinajstić information content (AvgIpc) is 2.21. The van der Waals surface area contributed by atoms with E-state index in [1.54, 1.807) is 12.1 Å². The van der Waals surface area contributed by atoms with E-state index in [0.717, 1.165) is 3.57 Å². The molecule has 0 heterocycles. The van der Waals surface area contributed by atoms with Gasteiger partial charge in [0.05, 0.1) is 5.75 Å². The van der Waals surface area contributed by atoms with Crippen molar-refractivity contribution in [3.05, 3.63) is 27.8 Å². The van der Waals surface area contributed by atoms with Gasteiger partial charge in [-0.15, -0.1) is 0 Å². The highest BCUT2D eigenvalue weighted by atomic mass is 127. The number of aliphatic hydroxyl groups is 1. The van der Waals surface area contributed by atoms with Gasteiger partial charge in [-0.3, -0.25) is 4.72 Å². The summed E-state index contributed by atoms with van der Waals surface area (Å²) in [6.07, 6.45) is 0.976. The van der Waals surface area contributed by atoms with Crippen LogP contribution in [0.25, 0.3) is 0 Å². The molecule has 0 atom stereocenters. The van der Waals surface area contributed by atoms with E-state index in [-0.39, 0.29) is 12.4 Å². The monoisotopic (exact) mass is 355 g/mol. The van der Waals surface area contributed by atoms with Crippen LogP contribution in [0.2, 0.25) is 0 Å². The van der Waals surface area contributed by atoms with Crippen LogP contribution in [-0.2, 0) is 10.0 Å². The standard InChI is InChI=1S/C10H14INO3S/c11-9-3-5-10(6-4-9)12-16(14,15)8-2-1-7-13/h3-6,12-13H,1-2,7-8H2. The largest absolute Gasteiger partial charge is 0.396 e. The summed E-state index contributed by atoms with van der Waals surface area (Å²) < 4.78 is 26.7. The maximum atomic E-state index is 11.6. The molecule has 1 aromatic carbocycles. The summed E-state index contributed by atoms with van der Waals surface area (Å²) >= 11 is 2.16. The first-order chi connectivity index (χ1) is 7.53. The number of anilines is 1. The van der Waals surface area contributed by atoms with Crippen LogP contribution < -0.4 is 4.72 Å². The number of rotatable bonds is 6. The second-order valence-electron chi connectivity index (χ2n) is 3.36. The fourth-order valence-corrected chi connectivity index (χ4v) is 2.69. The molecule has 0 saturated carbocycles. The third kappa shape index (κ3) is 5.13. The van der Waals surface area contributed by atoms with Crippen LogP contribution >= 0.6 is 22.6 Å². The zero-order valence-corrected chi connectivity index (χ0v) is 11.7. The lowest BCUT2D eigenvalue weighted by Gasteiger charge is -2.07. The molecular formula is C10H14INO3S. The molecule has 0 bridgehead atoms. The molecule has 1 rings (SSSR count). The average molecular weight is 355 g/mol. The Labute approximate surface area is 109 Å². The van der Waals surface area contributed by atoms with Crippen LogP contribution in [-0.4, -0.2) is 25.9 Å². The van der Waals surface area contributed by atoms with E-state index in [2.05, 4.69) is 27.3 Å². The van der Waals surface area contributed by atoms with Crippen molar-refractivity contribution in [2.45, 2.75) is 12.8 Å². The minimum Gasteiger partial charge on any atom is -0.396 e. The first-order valence-electron chi connectivity index (χ1n) is 4.90. The molecule has 0 spiro atoms. The van der Waals surface area contributed by atoms with Crippen molar-refractivity contribution in [2.75, 3.05) is 17.1 Å². The molecule has 6 heteroatoms. The molecule has 0 fully saturated rings. The molecule has 0 aliphatic rings. The number of nitrogens with one attached hydrogen (secondary N) is 1. The van der Waals surface area contributed by atoms with Gasteiger partial charge in [0, 0.05) is 15.9 Å². The Balaban J connectivity index is 2.55. The molecule has 0 aliphatic heterocycles. The first-order valence-corrected chi connectivity index (χ1v) is 7.63. The molecule has 2 N–H and O–H groups in total. The Morgan fingerprint density at radius 3 is 2.38 bits per heavy atom. The lowest BCUT2D eigenvalue weighted by molar-refractivity contribution is 0.287. The Morgan fingerprint density at radius 2 is 1.81 bits per heavy atom. The number of sulfonamides is 1. The number of benzene rings is 1. The van der Waals surface area contributed by atoms with Gasteiger partial charge in [-0.1, -0.05) is 0 Å². The number of unbranched alkanes of at least 4 members (excludes halogenated alkanes) is 1. The van der Waals surface area contributed by atoms with Gasteiger partial charge < -0.3 is 5.11 Å². The summed E-state index contributed by atoms with van der Waals surface area (Å²) in [6.45, 7) is 0.0268. The van der Waals surface area contributed by atoms with Crippen LogP contribution in [0.4, 0.5) is 5.69 Å². The van der Waals surface area contributed by atoms with E-state index in [9.17, 15) is 8.42 Å². The zero-order valence-electron chi connectivity index (χ0n) is 8.69. The fraction of sp³-hybridized carbons (Fsp3) is 0.400. The highest BCUT2D eigenvalue weighted by molar-refractivity contribution is 14.1. The van der Waals surface area contributed by atoms with E-state index < -0.39 is 10.0 Å². The van der Waals surface area contributed by atoms with E-state index in [1.165, 1.54) is 0 Å². The SMILES string of the molecule is O=S(=O)(CCCCO)Nc1ccc(I)cc1. The third-order valence-electron chi connectivity index (χ3n) is 1.94. The minimum absolute atomic E-state index is 0.0268. The number of hydrogen-bond donors (Lipinski definition) is 2. The number of halogens is 1. The quantitative estimate of drug-likeness (QED) is 0.604. The van der Waals surface area contributed by atoms with Crippen LogP contribution in [0.1, 0.15) is 12.8 Å². The Kier molecular flexibility index (Phi) is 5.50. The maximum absolute atomic E-state index is 11.6. The molecule has 0 aromatic heterocycles. The van der Waals surface area contributed by atoms with Crippen LogP contribution in [0.3, 0.4) is 0 Å². The summed E-state index contributed by atoms with van der Waals surface area (Å²) in [5.74, 6) is 0.0412. The zero-order chi connectivity index (χ0) is 12.0. The Morgan fingerprint density at radius 1 is 1.19 bits per heavy atom. The normalized spacial score (nSPS) is 11.4. The molecular weight excluding hydrogens is 341 g/mol. The van der Waals surface area contributed by atoms with Gasteiger partial charge in [0.15, 0.2) is 0 Å². The lowest BCUT2D eigenvalue weighted by Crippen LogP contribution is -2.16. The van der Waals surface area contributed by atoms with Crippen molar-refractivity contribution in [2.24, 2.45) is 0 Å². The minimum atomic E-state index is -3.28. The number of hydrogen-bond acceptors (Lipinski definition) is 3. The molecule has 4 nitrogen and oxygen atoms in total. The van der Waals surface area contributed by atoms with Crippen molar-refractivity contribution < 1.29 is 13.5 Å². The van der Waals surface area contributed by atoms with Crippen LogP contribution in [0.5, 0.6) is 0 Å². The van der Waals surface area contributed by atoms with Crippen molar-refractivity contribution in [1.82, 2.24) is 0 Å². The molecule has 16 heavy (non-hydrogen) atoms. The summed E-state index contributed by atoms with van der Waals surface area (Å²) in [6, 6.07) is 7.13. The van der Waals surface area contributed by atoms with Crippen molar-refractivity contribution in [3.63, 3.8) is 0 Å². The topological polar surface area (TPSA) is 66.4 Å². The van der Waals surface area contributed by atoms with Gasteiger partial charge in [-0.05, 0) is 59.7 Å². The molecule has 0 unspecified atom stereocenters. The first kappa shape index (κ1) is 13.7. The highest BCUT2D eigenvalue weighted by Crippen LogP contribution is 2.13. The van der Waals surface area contributed by atoms with Crippen molar-refractivity contribution >= 4 is 38.3 Å². The highest BCUT2D eigenvalue weighted by Gasteiger charge is 2.09. The van der Waals surface area contributed by atoms with Gasteiger partial charge in [0.25, 0.3) is 0 Å². The molecule has 0 radical (unpaired) electrons. The maximum Gasteiger partial charge on any atom is 0.232 e. The van der Waals surface area contributed by atoms with Crippen molar-refractivity contribution in [1.29, 1.82) is 0 Å². The summed E-state index contributed by atoms with van der Waals surface area (Å²) in [5.41, 5.74) is 0.574.